The zero-order valence-corrected chi connectivity index (χ0v) is 44.4. The average molecular weight is 1090 g/mol. The van der Waals surface area contributed by atoms with Gasteiger partial charge in [0.15, 0.2) is 9.84 Å². The fourth-order valence-corrected chi connectivity index (χ4v) is 13.5. The lowest BCUT2D eigenvalue weighted by molar-refractivity contribution is -0.197. The number of sulfone groups is 1. The van der Waals surface area contributed by atoms with Crippen molar-refractivity contribution in [2.24, 2.45) is 11.0 Å². The fourth-order valence-electron chi connectivity index (χ4n) is 9.47. The molecule has 2 atom stereocenters. The van der Waals surface area contributed by atoms with Crippen molar-refractivity contribution in [2.45, 2.75) is 106 Å². The second kappa shape index (κ2) is 24.7. The van der Waals surface area contributed by atoms with Crippen molar-refractivity contribution in [3.05, 3.63) is 83.4 Å². The van der Waals surface area contributed by atoms with E-state index in [1.807, 2.05) is 30.9 Å². The smallest absolute Gasteiger partial charge is 0.333 e. The number of piperidine rings is 1. The number of benzene rings is 2. The summed E-state index contributed by atoms with van der Waals surface area (Å²) in [5, 5.41) is 10.4. The van der Waals surface area contributed by atoms with Gasteiger partial charge in [0.1, 0.15) is 11.6 Å². The Balaban J connectivity index is 0.681. The normalized spacial score (nSPS) is 20.4. The molecule has 7 amide bonds. The Morgan fingerprint density at radius 3 is 2.40 bits per heavy atom. The second-order valence-corrected chi connectivity index (χ2v) is 24.9. The summed E-state index contributed by atoms with van der Waals surface area (Å²) in [4.78, 5) is 103. The van der Waals surface area contributed by atoms with Gasteiger partial charge in [0.25, 0.3) is 11.8 Å². The number of carbonyl (C=O) groups excluding carboxylic acids is 7. The number of nitrogens with zero attached hydrogens (tertiary/aromatic N) is 6. The van der Waals surface area contributed by atoms with Crippen LogP contribution in [0.3, 0.4) is 0 Å². The molecule has 3 aromatic rings. The quantitative estimate of drug-likeness (QED) is 0.0571. The lowest BCUT2D eigenvalue weighted by atomic mass is 10.0. The highest BCUT2D eigenvalue weighted by molar-refractivity contribution is 8.77. The number of hydrogen-bond acceptors (Lipinski definition) is 16. The molecule has 75 heavy (non-hydrogen) atoms. The van der Waals surface area contributed by atoms with Crippen molar-refractivity contribution >= 4 is 84.4 Å². The number of nitrogens with one attached hydrogen (secondary N) is 3. The summed E-state index contributed by atoms with van der Waals surface area (Å²) in [6, 6.07) is 12.9. The van der Waals surface area contributed by atoms with Crippen LogP contribution < -0.4 is 20.8 Å². The van der Waals surface area contributed by atoms with Crippen LogP contribution >= 0.6 is 21.6 Å². The lowest BCUT2D eigenvalue weighted by Crippen LogP contribution is -2.55. The van der Waals surface area contributed by atoms with Crippen molar-refractivity contribution in [2.75, 3.05) is 62.7 Å². The van der Waals surface area contributed by atoms with Crippen LogP contribution in [0.15, 0.2) is 70.9 Å². The largest absolute Gasteiger partial charge is 0.494 e. The molecule has 2 aromatic carbocycles. The third kappa shape index (κ3) is 14.8. The molecule has 2 unspecified atom stereocenters. The van der Waals surface area contributed by atoms with E-state index in [1.165, 1.54) is 33.7 Å². The van der Waals surface area contributed by atoms with Gasteiger partial charge in [0.05, 0.1) is 29.4 Å². The van der Waals surface area contributed by atoms with Crippen molar-refractivity contribution in [3.63, 3.8) is 0 Å². The second-order valence-electron chi connectivity index (χ2n) is 19.7. The highest BCUT2D eigenvalue weighted by atomic mass is 33.1. The Labute approximate surface area is 442 Å². The highest BCUT2D eigenvalue weighted by Crippen LogP contribution is 2.47. The van der Waals surface area contributed by atoms with Crippen LogP contribution in [0.1, 0.15) is 101 Å². The van der Waals surface area contributed by atoms with Gasteiger partial charge in [-0.1, -0.05) is 33.7 Å². The minimum atomic E-state index is -3.67. The number of fused-ring (bicyclic) bond motifs is 1. The Morgan fingerprint density at radius 1 is 0.920 bits per heavy atom. The summed E-state index contributed by atoms with van der Waals surface area (Å²) < 4.78 is 46.3. The number of anilines is 1. The molecule has 24 heteroatoms. The van der Waals surface area contributed by atoms with E-state index in [4.69, 9.17) is 9.57 Å². The summed E-state index contributed by atoms with van der Waals surface area (Å²) in [5.74, 6) is -2.30. The Kier molecular flexibility index (Phi) is 18.2. The van der Waals surface area contributed by atoms with Gasteiger partial charge in [-0.05, 0) is 87.4 Å². The van der Waals surface area contributed by atoms with Crippen LogP contribution in [0.5, 0.6) is 5.75 Å². The molecular formula is C51H62FN9O11S3. The van der Waals surface area contributed by atoms with Crippen molar-refractivity contribution in [1.82, 2.24) is 35.5 Å². The number of pyridine rings is 1. The molecule has 4 aliphatic heterocycles. The number of aromatic nitrogens is 1. The maximum Gasteiger partial charge on any atom is 0.333 e. The first-order chi connectivity index (χ1) is 35.9. The van der Waals surface area contributed by atoms with Crippen LogP contribution in [0, 0.1) is 11.7 Å². The number of hydrogen-bond donors (Lipinski definition) is 3. The SMILES string of the molecule is CC(C)(CC(=O)N/N=C1\CCS(=O)(=O)c2cc(OCCCC(=O)ON3C(=O)CCC3=O)ccc21)SSCCC(=O)N1CCN(C2CCN(C(=O)NCc3ccc(NC(=O)C4CC4c4cccnc4)cc3F)CC2)CC1. The van der Waals surface area contributed by atoms with E-state index in [-0.39, 0.29) is 104 Å². The van der Waals surface area contributed by atoms with E-state index in [0.717, 1.165) is 37.9 Å². The van der Waals surface area contributed by atoms with Gasteiger partial charge in [-0.3, -0.25) is 33.9 Å². The third-order valence-corrected chi connectivity index (χ3v) is 18.8. The predicted octanol–water partition coefficient (Wildman–Crippen LogP) is 5.19. The van der Waals surface area contributed by atoms with Crippen LogP contribution in [-0.4, -0.2) is 149 Å². The maximum atomic E-state index is 15.0. The molecule has 0 spiro atoms. The number of hydroxylamine groups is 2. The Bertz CT molecular complexity index is 2770. The summed E-state index contributed by atoms with van der Waals surface area (Å²) >= 11 is 0. The van der Waals surface area contributed by atoms with Gasteiger partial charge >= 0.3 is 12.0 Å². The summed E-state index contributed by atoms with van der Waals surface area (Å²) in [6.45, 7) is 7.76. The molecule has 5 heterocycles. The standard InChI is InChI=1S/C51H62FN9O11S3/c1-51(2,30-44(62)57-56-42-16-26-75(69,70)43-28-37(9-10-38(42)43)71-24-4-6-48(66)72-61-46(64)11-12-47(61)65)74-73-25-15-45(63)59-22-20-58(21-23-59)36-13-18-60(19-14-36)50(68)54-32-34-7-8-35(27-41(34)52)55-49(67)40-29-39(40)33-5-3-17-53-31-33/h3,5,7-10,17,27-28,31,36,39-40H,4,6,11-16,18-26,29-30,32H2,1-2H3,(H,54,68)(H,55,67)(H,57,62)/b56-42+. The van der Waals surface area contributed by atoms with Crippen LogP contribution in [0.4, 0.5) is 14.9 Å². The minimum absolute atomic E-state index is 0.00825. The van der Waals surface area contributed by atoms with Gasteiger partial charge in [-0.2, -0.15) is 5.10 Å². The van der Waals surface area contributed by atoms with Crippen molar-refractivity contribution < 1.29 is 55.9 Å². The van der Waals surface area contributed by atoms with E-state index >= 15 is 4.39 Å². The molecule has 4 fully saturated rings. The molecule has 3 N–H and O–H groups in total. The summed E-state index contributed by atoms with van der Waals surface area (Å²) in [5.41, 5.74) is 5.05. The molecule has 0 radical (unpaired) electrons. The molecule has 0 bridgehead atoms. The van der Waals surface area contributed by atoms with Gasteiger partial charge in [-0.25, -0.2) is 27.8 Å². The molecule has 1 aliphatic carbocycles. The monoisotopic (exact) mass is 1090 g/mol. The predicted molar refractivity (Wildman–Crippen MR) is 278 cm³/mol. The number of urea groups is 1. The average Bonchev–Trinajstić information content (AvgIpc) is 4.15. The number of likely N-dealkylation sites (tertiary alicyclic amines) is 1. The van der Waals surface area contributed by atoms with Crippen LogP contribution in [0.25, 0.3) is 0 Å². The lowest BCUT2D eigenvalue weighted by Gasteiger charge is -2.42. The molecule has 3 saturated heterocycles. The third-order valence-electron chi connectivity index (χ3n) is 13.7. The summed E-state index contributed by atoms with van der Waals surface area (Å²) in [6.07, 6.45) is 6.37. The van der Waals surface area contributed by atoms with Gasteiger partial charge in [-0.15, -0.1) is 5.06 Å². The van der Waals surface area contributed by atoms with E-state index < -0.39 is 38.2 Å². The molecule has 1 saturated carbocycles. The number of rotatable bonds is 20. The van der Waals surface area contributed by atoms with E-state index in [9.17, 15) is 42.0 Å². The van der Waals surface area contributed by atoms with E-state index in [1.54, 1.807) is 41.6 Å². The van der Waals surface area contributed by atoms with Crippen LogP contribution in [-0.2, 0) is 50.0 Å². The number of ether oxygens (including phenoxy) is 1. The Hall–Kier alpha value is -6.11. The molecule has 20 nitrogen and oxygen atoms in total. The zero-order chi connectivity index (χ0) is 53.3. The van der Waals surface area contributed by atoms with E-state index in [2.05, 4.69) is 31.0 Å². The first-order valence-electron chi connectivity index (χ1n) is 25.2. The van der Waals surface area contributed by atoms with Gasteiger partial charge in [0.2, 0.25) is 17.7 Å². The van der Waals surface area contributed by atoms with Gasteiger partial charge < -0.3 is 30.0 Å². The van der Waals surface area contributed by atoms with Crippen LogP contribution in [0.2, 0.25) is 0 Å². The maximum absolute atomic E-state index is 15.0. The summed E-state index contributed by atoms with van der Waals surface area (Å²) in [7, 11) is -0.635. The highest BCUT2D eigenvalue weighted by Gasteiger charge is 2.44. The fraction of sp³-hybridized carbons (Fsp3) is 0.510. The van der Waals surface area contributed by atoms with Gasteiger partial charge in [0, 0.05) is 130 Å². The molecule has 402 valence electrons. The number of amides is 7. The number of carbonyl (C=O) groups is 7. The number of halogens is 1. The first-order valence-corrected chi connectivity index (χ1v) is 29.2. The molecule has 8 rings (SSSR count). The molecule has 1 aromatic heterocycles. The molecule has 5 aliphatic rings. The first kappa shape index (κ1) is 55.1. The Morgan fingerprint density at radius 2 is 1.68 bits per heavy atom. The zero-order valence-electron chi connectivity index (χ0n) is 41.9. The van der Waals surface area contributed by atoms with Crippen molar-refractivity contribution in [1.29, 1.82) is 0 Å². The topological polar surface area (TPSA) is 246 Å². The number of imide groups is 1. The number of piperazine rings is 1. The van der Waals surface area contributed by atoms with Crippen molar-refractivity contribution in [3.8, 4) is 5.75 Å². The molecular weight excluding hydrogens is 1030 g/mol. The number of hydrazone groups is 1. The van der Waals surface area contributed by atoms with E-state index in [0.29, 0.717) is 72.0 Å². The minimum Gasteiger partial charge on any atom is -0.494 e.